The lowest BCUT2D eigenvalue weighted by molar-refractivity contribution is -0.423. The van der Waals surface area contributed by atoms with Crippen LogP contribution in [0, 0.1) is 12.7 Å². The number of benzene rings is 1. The normalized spacial score (nSPS) is 28.2. The summed E-state index contributed by atoms with van der Waals surface area (Å²) in [6.45, 7) is 4.78. The van der Waals surface area contributed by atoms with Crippen LogP contribution in [0.15, 0.2) is 18.2 Å². The fourth-order valence-electron chi connectivity index (χ4n) is 3.69. The van der Waals surface area contributed by atoms with Gasteiger partial charge in [-0.15, -0.1) is 5.10 Å². The molecule has 0 amide bonds. The molecular formula is C21H29FN2O8. The van der Waals surface area contributed by atoms with Gasteiger partial charge in [0.2, 0.25) is 5.88 Å². The van der Waals surface area contributed by atoms with Gasteiger partial charge in [-0.25, -0.2) is 4.39 Å². The molecule has 5 atom stereocenters. The van der Waals surface area contributed by atoms with Gasteiger partial charge in [0.1, 0.15) is 18.3 Å². The lowest BCUT2D eigenvalue weighted by atomic mass is 9.98. The number of halogens is 1. The van der Waals surface area contributed by atoms with Gasteiger partial charge in [-0.05, 0) is 38.5 Å². The standard InChI is InChI=1S/C21H29FN2O8/c1-10(2)24-11(3)13(7-12-5-6-15(30-4)14(22)8-12)20(23-24)32-21(29)19(28)18(27)17(26)16(9-25)31-21/h5-6,8,10,16-19,25-29H,7,9H2,1-4H3/t16-,17-,18-,19-,21?/m1/s1. The number of hydrogen-bond donors (Lipinski definition) is 5. The molecule has 1 fully saturated rings. The molecular weight excluding hydrogens is 427 g/mol. The molecule has 5 N–H and O–H groups in total. The Morgan fingerprint density at radius 1 is 1.25 bits per heavy atom. The Kier molecular flexibility index (Phi) is 7.08. The summed E-state index contributed by atoms with van der Waals surface area (Å²) in [6, 6.07) is 4.36. The molecule has 0 spiro atoms. The summed E-state index contributed by atoms with van der Waals surface area (Å²) in [7, 11) is 1.36. The predicted molar refractivity (Wildman–Crippen MR) is 109 cm³/mol. The van der Waals surface area contributed by atoms with Crippen molar-refractivity contribution in [3.8, 4) is 11.6 Å². The number of ether oxygens (including phenoxy) is 3. The van der Waals surface area contributed by atoms with Gasteiger partial charge in [0, 0.05) is 23.7 Å². The van der Waals surface area contributed by atoms with Crippen molar-refractivity contribution < 1.29 is 44.1 Å². The maximum absolute atomic E-state index is 14.2. The molecule has 2 heterocycles. The minimum atomic E-state index is -2.80. The SMILES string of the molecule is COc1ccc(Cc2c(OC3(O)O[C@H](CO)[C@@H](O)[C@@H](O)[C@H]3O)nn(C(C)C)c2C)cc1F. The van der Waals surface area contributed by atoms with E-state index in [0.29, 0.717) is 16.8 Å². The third-order valence-electron chi connectivity index (χ3n) is 5.49. The minimum absolute atomic E-state index is 0.0930. The number of aliphatic hydroxyl groups excluding tert-OH is 4. The molecule has 0 aliphatic carbocycles. The zero-order valence-electron chi connectivity index (χ0n) is 18.3. The summed E-state index contributed by atoms with van der Waals surface area (Å²) < 4.78 is 31.5. The number of hydrogen-bond acceptors (Lipinski definition) is 9. The molecule has 10 nitrogen and oxygen atoms in total. The van der Waals surface area contributed by atoms with Crippen molar-refractivity contribution in [1.29, 1.82) is 0 Å². The lowest BCUT2D eigenvalue weighted by Gasteiger charge is -2.43. The summed E-state index contributed by atoms with van der Waals surface area (Å²) >= 11 is 0. The largest absolute Gasteiger partial charge is 0.494 e. The fraction of sp³-hybridized carbons (Fsp3) is 0.571. The molecule has 1 aromatic heterocycles. The summed E-state index contributed by atoms with van der Waals surface area (Å²) in [5.41, 5.74) is 1.72. The van der Waals surface area contributed by atoms with E-state index >= 15 is 0 Å². The van der Waals surface area contributed by atoms with E-state index < -0.39 is 42.8 Å². The fourth-order valence-corrected chi connectivity index (χ4v) is 3.69. The highest BCUT2D eigenvalue weighted by Gasteiger charge is 2.55. The van der Waals surface area contributed by atoms with E-state index in [-0.39, 0.29) is 24.1 Å². The Labute approximate surface area is 184 Å². The van der Waals surface area contributed by atoms with Crippen molar-refractivity contribution in [1.82, 2.24) is 9.78 Å². The second-order valence-electron chi connectivity index (χ2n) is 8.05. The smallest absolute Gasteiger partial charge is 0.356 e. The molecule has 1 aromatic carbocycles. The minimum Gasteiger partial charge on any atom is -0.494 e. The van der Waals surface area contributed by atoms with Gasteiger partial charge in [0.15, 0.2) is 17.7 Å². The van der Waals surface area contributed by atoms with Crippen LogP contribution in [0.25, 0.3) is 0 Å². The van der Waals surface area contributed by atoms with E-state index in [9.17, 15) is 29.9 Å². The Morgan fingerprint density at radius 3 is 2.50 bits per heavy atom. The van der Waals surface area contributed by atoms with Gasteiger partial charge in [0.05, 0.1) is 13.7 Å². The van der Waals surface area contributed by atoms with Crippen LogP contribution in [0.2, 0.25) is 0 Å². The summed E-state index contributed by atoms with van der Waals surface area (Å²) in [5, 5.41) is 54.9. The van der Waals surface area contributed by atoms with Gasteiger partial charge < -0.3 is 39.7 Å². The van der Waals surface area contributed by atoms with E-state index in [1.165, 1.54) is 19.2 Å². The first kappa shape index (κ1) is 24.4. The van der Waals surface area contributed by atoms with E-state index in [1.807, 2.05) is 13.8 Å². The third kappa shape index (κ3) is 4.45. The molecule has 178 valence electrons. The first-order chi connectivity index (χ1) is 15.0. The van der Waals surface area contributed by atoms with Crippen LogP contribution < -0.4 is 9.47 Å². The Balaban J connectivity index is 1.99. The van der Waals surface area contributed by atoms with Gasteiger partial charge in [0.25, 0.3) is 0 Å². The van der Waals surface area contributed by atoms with Gasteiger partial charge >= 0.3 is 5.97 Å². The molecule has 2 aromatic rings. The molecule has 0 bridgehead atoms. The molecule has 1 saturated heterocycles. The van der Waals surface area contributed by atoms with Crippen LogP contribution in [0.4, 0.5) is 4.39 Å². The molecule has 1 aliphatic heterocycles. The number of nitrogens with zero attached hydrogens (tertiary/aromatic N) is 2. The Hall–Kier alpha value is -2.28. The highest BCUT2D eigenvalue weighted by Crippen LogP contribution is 2.34. The van der Waals surface area contributed by atoms with Crippen molar-refractivity contribution in [3.05, 3.63) is 40.8 Å². The van der Waals surface area contributed by atoms with Crippen molar-refractivity contribution in [2.24, 2.45) is 0 Å². The predicted octanol–water partition coefficient (Wildman–Crippen LogP) is 0.00962. The van der Waals surface area contributed by atoms with Gasteiger partial charge in [-0.3, -0.25) is 4.68 Å². The summed E-state index contributed by atoms with van der Waals surface area (Å²) in [5.74, 6) is -3.37. The maximum Gasteiger partial charge on any atom is 0.356 e. The second-order valence-corrected chi connectivity index (χ2v) is 8.05. The summed E-state index contributed by atoms with van der Waals surface area (Å²) in [6.07, 6.45) is -6.80. The summed E-state index contributed by atoms with van der Waals surface area (Å²) in [4.78, 5) is 0. The van der Waals surface area contributed by atoms with E-state index in [0.717, 1.165) is 0 Å². The maximum atomic E-state index is 14.2. The molecule has 0 saturated carbocycles. The van der Waals surface area contributed by atoms with Crippen LogP contribution in [-0.4, -0.2) is 79.4 Å². The third-order valence-corrected chi connectivity index (χ3v) is 5.49. The number of aromatic nitrogens is 2. The molecule has 3 rings (SSSR count). The molecule has 0 radical (unpaired) electrons. The lowest BCUT2D eigenvalue weighted by Crippen LogP contribution is -2.67. The van der Waals surface area contributed by atoms with E-state index in [4.69, 9.17) is 14.2 Å². The van der Waals surface area contributed by atoms with E-state index in [1.54, 1.807) is 17.7 Å². The first-order valence-corrected chi connectivity index (χ1v) is 10.2. The van der Waals surface area contributed by atoms with Crippen molar-refractivity contribution in [3.63, 3.8) is 0 Å². The van der Waals surface area contributed by atoms with Crippen LogP contribution in [-0.2, 0) is 11.2 Å². The first-order valence-electron chi connectivity index (χ1n) is 10.2. The van der Waals surface area contributed by atoms with E-state index in [2.05, 4.69) is 5.10 Å². The monoisotopic (exact) mass is 456 g/mol. The zero-order chi connectivity index (χ0) is 23.8. The van der Waals surface area contributed by atoms with Crippen LogP contribution >= 0.6 is 0 Å². The van der Waals surface area contributed by atoms with Crippen LogP contribution in [0.3, 0.4) is 0 Å². The number of methoxy groups -OCH3 is 1. The molecule has 32 heavy (non-hydrogen) atoms. The van der Waals surface area contributed by atoms with Crippen molar-refractivity contribution in [2.75, 3.05) is 13.7 Å². The Morgan fingerprint density at radius 2 is 1.94 bits per heavy atom. The highest BCUT2D eigenvalue weighted by atomic mass is 19.1. The quantitative estimate of drug-likeness (QED) is 0.364. The number of aliphatic hydroxyl groups is 5. The average molecular weight is 456 g/mol. The topological polar surface area (TPSA) is 147 Å². The van der Waals surface area contributed by atoms with Crippen LogP contribution in [0.5, 0.6) is 11.6 Å². The van der Waals surface area contributed by atoms with Crippen molar-refractivity contribution >= 4 is 0 Å². The molecule has 11 heteroatoms. The number of rotatable bonds is 7. The Bertz CT molecular complexity index is 950. The molecule has 1 unspecified atom stereocenters. The van der Waals surface area contributed by atoms with Gasteiger partial charge in [-0.1, -0.05) is 6.07 Å². The van der Waals surface area contributed by atoms with Gasteiger partial charge in [-0.2, -0.15) is 0 Å². The zero-order valence-corrected chi connectivity index (χ0v) is 18.3. The van der Waals surface area contributed by atoms with Crippen LogP contribution in [0.1, 0.15) is 36.7 Å². The highest BCUT2D eigenvalue weighted by molar-refractivity contribution is 5.39. The van der Waals surface area contributed by atoms with Crippen molar-refractivity contribution in [2.45, 2.75) is 63.6 Å². The second kappa shape index (κ2) is 9.30. The average Bonchev–Trinajstić information content (AvgIpc) is 3.05. The molecule has 1 aliphatic rings.